The van der Waals surface area contributed by atoms with Crippen molar-refractivity contribution in [2.24, 2.45) is 5.73 Å². The SMILES string of the molecule is Cc1c(CN)cc(OS(=O)(=O)F)c(C)c1N. The van der Waals surface area contributed by atoms with E-state index in [-0.39, 0.29) is 12.3 Å². The van der Waals surface area contributed by atoms with E-state index in [0.717, 1.165) is 5.56 Å². The molecule has 0 radical (unpaired) electrons. The molecule has 4 N–H and O–H groups in total. The summed E-state index contributed by atoms with van der Waals surface area (Å²) in [5.41, 5.74) is 13.2. The minimum Gasteiger partial charge on any atom is -0.398 e. The van der Waals surface area contributed by atoms with Gasteiger partial charge in [0.05, 0.1) is 0 Å². The standard InChI is InChI=1S/C9H13FN2O3S/c1-5-7(4-11)3-8(6(2)9(5)12)15-16(10,13)14/h3H,4,11-12H2,1-2H3. The van der Waals surface area contributed by atoms with E-state index in [4.69, 9.17) is 11.5 Å². The molecular formula is C9H13FN2O3S. The zero-order valence-electron chi connectivity index (χ0n) is 8.95. The zero-order valence-corrected chi connectivity index (χ0v) is 9.77. The van der Waals surface area contributed by atoms with Gasteiger partial charge in [0.15, 0.2) is 5.75 Å². The summed E-state index contributed by atoms with van der Waals surface area (Å²) in [4.78, 5) is 0. The zero-order chi connectivity index (χ0) is 12.5. The van der Waals surface area contributed by atoms with Crippen LogP contribution in [-0.2, 0) is 17.0 Å². The van der Waals surface area contributed by atoms with Crippen LogP contribution in [0.15, 0.2) is 6.07 Å². The van der Waals surface area contributed by atoms with Crippen LogP contribution in [0, 0.1) is 13.8 Å². The van der Waals surface area contributed by atoms with E-state index < -0.39 is 10.5 Å². The normalized spacial score (nSPS) is 11.5. The third kappa shape index (κ3) is 2.61. The first-order chi connectivity index (χ1) is 7.26. The van der Waals surface area contributed by atoms with Crippen molar-refractivity contribution in [1.29, 1.82) is 0 Å². The molecule has 0 saturated carbocycles. The van der Waals surface area contributed by atoms with Crippen LogP contribution in [0.4, 0.5) is 9.57 Å². The molecule has 0 saturated heterocycles. The van der Waals surface area contributed by atoms with Crippen LogP contribution in [0.3, 0.4) is 0 Å². The van der Waals surface area contributed by atoms with Crippen molar-refractivity contribution in [3.63, 3.8) is 0 Å². The fourth-order valence-corrected chi connectivity index (χ4v) is 1.76. The number of hydrogen-bond donors (Lipinski definition) is 2. The second-order valence-corrected chi connectivity index (χ2v) is 4.33. The molecule has 0 fully saturated rings. The lowest BCUT2D eigenvalue weighted by Crippen LogP contribution is -2.08. The summed E-state index contributed by atoms with van der Waals surface area (Å²) in [6.07, 6.45) is 0. The molecule has 1 aromatic carbocycles. The van der Waals surface area contributed by atoms with Crippen molar-refractivity contribution in [3.8, 4) is 5.75 Å². The Morgan fingerprint density at radius 1 is 1.38 bits per heavy atom. The Balaban J connectivity index is 3.36. The summed E-state index contributed by atoms with van der Waals surface area (Å²) in [7, 11) is -5.05. The second-order valence-electron chi connectivity index (χ2n) is 3.38. The van der Waals surface area contributed by atoms with Crippen molar-refractivity contribution >= 4 is 16.2 Å². The van der Waals surface area contributed by atoms with Gasteiger partial charge in [0, 0.05) is 17.8 Å². The van der Waals surface area contributed by atoms with Gasteiger partial charge in [-0.05, 0) is 31.0 Å². The van der Waals surface area contributed by atoms with Crippen LogP contribution in [0.5, 0.6) is 5.75 Å². The maximum Gasteiger partial charge on any atom is 0.488 e. The number of hydrogen-bond acceptors (Lipinski definition) is 5. The Labute approximate surface area is 93.6 Å². The van der Waals surface area contributed by atoms with Crippen molar-refractivity contribution < 1.29 is 16.5 Å². The fourth-order valence-electron chi connectivity index (χ4n) is 1.37. The number of anilines is 1. The average Bonchev–Trinajstić information content (AvgIpc) is 2.17. The highest BCUT2D eigenvalue weighted by atomic mass is 32.3. The number of rotatable bonds is 3. The molecule has 0 bridgehead atoms. The largest absolute Gasteiger partial charge is 0.488 e. The fraction of sp³-hybridized carbons (Fsp3) is 0.333. The van der Waals surface area contributed by atoms with Gasteiger partial charge < -0.3 is 15.7 Å². The molecule has 1 aromatic rings. The molecule has 0 spiro atoms. The molecule has 0 aromatic heterocycles. The summed E-state index contributed by atoms with van der Waals surface area (Å²) in [5, 5.41) is 0. The smallest absolute Gasteiger partial charge is 0.398 e. The Hall–Kier alpha value is -1.34. The average molecular weight is 248 g/mol. The van der Waals surface area contributed by atoms with E-state index >= 15 is 0 Å². The first kappa shape index (κ1) is 12.7. The minimum absolute atomic E-state index is 0.133. The molecular weight excluding hydrogens is 235 g/mol. The molecule has 0 aliphatic heterocycles. The topological polar surface area (TPSA) is 95.4 Å². The highest BCUT2D eigenvalue weighted by molar-refractivity contribution is 7.81. The minimum atomic E-state index is -5.05. The van der Waals surface area contributed by atoms with E-state index in [0.29, 0.717) is 16.8 Å². The molecule has 0 amide bonds. The monoisotopic (exact) mass is 248 g/mol. The van der Waals surface area contributed by atoms with Crippen molar-refractivity contribution in [1.82, 2.24) is 0 Å². The van der Waals surface area contributed by atoms with E-state index in [1.165, 1.54) is 6.07 Å². The first-order valence-corrected chi connectivity index (χ1v) is 5.79. The summed E-state index contributed by atoms with van der Waals surface area (Å²) in [6, 6.07) is 1.37. The van der Waals surface area contributed by atoms with Gasteiger partial charge in [-0.15, -0.1) is 0 Å². The summed E-state index contributed by atoms with van der Waals surface area (Å²) < 4.78 is 37.4. The summed E-state index contributed by atoms with van der Waals surface area (Å²) in [5.74, 6) is -0.133. The van der Waals surface area contributed by atoms with Crippen LogP contribution in [0.2, 0.25) is 0 Å². The molecule has 7 heteroatoms. The lowest BCUT2D eigenvalue weighted by atomic mass is 10.0. The number of benzene rings is 1. The van der Waals surface area contributed by atoms with Crippen LogP contribution in [0.1, 0.15) is 16.7 Å². The van der Waals surface area contributed by atoms with Gasteiger partial charge in [0.25, 0.3) is 0 Å². The number of nitrogens with two attached hydrogens (primary N) is 2. The van der Waals surface area contributed by atoms with Crippen LogP contribution in [0.25, 0.3) is 0 Å². The van der Waals surface area contributed by atoms with Gasteiger partial charge in [-0.3, -0.25) is 0 Å². The van der Waals surface area contributed by atoms with Gasteiger partial charge in [-0.2, -0.15) is 8.42 Å². The molecule has 16 heavy (non-hydrogen) atoms. The molecule has 0 aliphatic rings. The maximum atomic E-state index is 12.4. The Kier molecular flexibility index (Phi) is 3.39. The van der Waals surface area contributed by atoms with E-state index in [2.05, 4.69) is 4.18 Å². The molecule has 90 valence electrons. The third-order valence-electron chi connectivity index (χ3n) is 2.37. The van der Waals surface area contributed by atoms with Gasteiger partial charge in [0.2, 0.25) is 0 Å². The molecule has 0 aliphatic carbocycles. The molecule has 5 nitrogen and oxygen atoms in total. The first-order valence-electron chi connectivity index (χ1n) is 4.49. The van der Waals surface area contributed by atoms with Gasteiger partial charge in [0.1, 0.15) is 0 Å². The number of nitrogen functional groups attached to an aromatic ring is 1. The van der Waals surface area contributed by atoms with Crippen molar-refractivity contribution in [3.05, 3.63) is 22.8 Å². The quantitative estimate of drug-likeness (QED) is 0.613. The Morgan fingerprint density at radius 3 is 2.38 bits per heavy atom. The van der Waals surface area contributed by atoms with Crippen LogP contribution in [-0.4, -0.2) is 8.42 Å². The molecule has 0 atom stereocenters. The van der Waals surface area contributed by atoms with Gasteiger partial charge >= 0.3 is 10.5 Å². The Morgan fingerprint density at radius 2 is 1.94 bits per heavy atom. The van der Waals surface area contributed by atoms with Gasteiger partial charge in [-0.25, -0.2) is 0 Å². The van der Waals surface area contributed by atoms with E-state index in [1.54, 1.807) is 13.8 Å². The predicted octanol–water partition coefficient (Wildman–Crippen LogP) is 0.937. The lowest BCUT2D eigenvalue weighted by Gasteiger charge is -2.13. The summed E-state index contributed by atoms with van der Waals surface area (Å²) >= 11 is 0. The number of halogens is 1. The second kappa shape index (κ2) is 4.26. The van der Waals surface area contributed by atoms with Crippen LogP contribution < -0.4 is 15.7 Å². The van der Waals surface area contributed by atoms with E-state index in [1.807, 2.05) is 0 Å². The van der Waals surface area contributed by atoms with E-state index in [9.17, 15) is 12.3 Å². The van der Waals surface area contributed by atoms with Crippen LogP contribution >= 0.6 is 0 Å². The molecule has 1 rings (SSSR count). The molecule has 0 unspecified atom stereocenters. The predicted molar refractivity (Wildman–Crippen MR) is 58.9 cm³/mol. The van der Waals surface area contributed by atoms with Gasteiger partial charge in [-0.1, -0.05) is 3.89 Å². The maximum absolute atomic E-state index is 12.4. The van der Waals surface area contributed by atoms with Crippen molar-refractivity contribution in [2.45, 2.75) is 20.4 Å². The molecule has 0 heterocycles. The highest BCUT2D eigenvalue weighted by Crippen LogP contribution is 2.30. The Bertz CT molecular complexity index is 514. The highest BCUT2D eigenvalue weighted by Gasteiger charge is 2.16. The summed E-state index contributed by atoms with van der Waals surface area (Å²) in [6.45, 7) is 3.46. The van der Waals surface area contributed by atoms with Crippen molar-refractivity contribution in [2.75, 3.05) is 5.73 Å². The third-order valence-corrected chi connectivity index (χ3v) is 2.75. The lowest BCUT2D eigenvalue weighted by molar-refractivity contribution is 0.438.